The summed E-state index contributed by atoms with van der Waals surface area (Å²) in [6.07, 6.45) is 0. The summed E-state index contributed by atoms with van der Waals surface area (Å²) in [4.78, 5) is 12.6. The molecule has 2 N–H and O–H groups in total. The highest BCUT2D eigenvalue weighted by Gasteiger charge is 2.09. The molecule has 5 nitrogen and oxygen atoms in total. The third kappa shape index (κ3) is 5.83. The fourth-order valence-corrected chi connectivity index (χ4v) is 3.38. The van der Waals surface area contributed by atoms with Crippen LogP contribution in [0.15, 0.2) is 97.1 Å². The van der Waals surface area contributed by atoms with Crippen molar-refractivity contribution in [3.63, 3.8) is 0 Å². The molecule has 4 aromatic rings. The van der Waals surface area contributed by atoms with Gasteiger partial charge in [-0.2, -0.15) is 0 Å². The van der Waals surface area contributed by atoms with E-state index in [9.17, 15) is 4.79 Å². The number of hydrogen-bond donors (Lipinski definition) is 2. The number of rotatable bonds is 7. The molecule has 0 fully saturated rings. The van der Waals surface area contributed by atoms with Crippen LogP contribution in [0.3, 0.4) is 0 Å². The molecule has 4 rings (SSSR count). The molecule has 0 bridgehead atoms. The molecule has 0 saturated heterocycles. The molecule has 0 radical (unpaired) electrons. The first kappa shape index (κ1) is 21.3. The van der Waals surface area contributed by atoms with E-state index in [1.54, 1.807) is 24.3 Å². The summed E-state index contributed by atoms with van der Waals surface area (Å²) in [5, 5.41) is 8.23. The first-order valence-corrected chi connectivity index (χ1v) is 10.6. The highest BCUT2D eigenvalue weighted by molar-refractivity contribution is 7.80. The van der Waals surface area contributed by atoms with E-state index in [1.165, 1.54) is 0 Å². The topological polar surface area (TPSA) is 59.6 Å². The van der Waals surface area contributed by atoms with Crippen molar-refractivity contribution in [3.8, 4) is 11.5 Å². The first-order chi connectivity index (χ1) is 15.7. The normalized spacial score (nSPS) is 10.4. The molecule has 0 aliphatic carbocycles. The fraction of sp³-hybridized carbons (Fsp3) is 0.0769. The molecule has 0 aliphatic heterocycles. The van der Waals surface area contributed by atoms with Crippen molar-refractivity contribution in [1.29, 1.82) is 0 Å². The second-order valence-electron chi connectivity index (χ2n) is 7.01. The zero-order valence-electron chi connectivity index (χ0n) is 17.3. The van der Waals surface area contributed by atoms with Crippen molar-refractivity contribution >= 4 is 39.7 Å². The Bertz CT molecular complexity index is 1230. The molecular weight excluding hydrogens is 420 g/mol. The molecule has 4 aromatic carbocycles. The Morgan fingerprint density at radius 2 is 1.41 bits per heavy atom. The Kier molecular flexibility index (Phi) is 6.94. The van der Waals surface area contributed by atoms with E-state index >= 15 is 0 Å². The Morgan fingerprint density at radius 1 is 0.719 bits per heavy atom. The number of fused-ring (bicyclic) bond motifs is 1. The summed E-state index contributed by atoms with van der Waals surface area (Å²) in [6.45, 7) is 0.766. The second-order valence-corrected chi connectivity index (χ2v) is 7.42. The summed E-state index contributed by atoms with van der Waals surface area (Å²) in [6, 6.07) is 30.4. The minimum Gasteiger partial charge on any atom is -0.490 e. The Morgan fingerprint density at radius 3 is 2.22 bits per heavy atom. The van der Waals surface area contributed by atoms with Crippen LogP contribution in [0.4, 0.5) is 5.69 Å². The molecule has 0 spiro atoms. The minimum absolute atomic E-state index is 0.230. The number of nitrogens with one attached hydrogen (secondary N) is 2. The molecule has 0 aromatic heterocycles. The Labute approximate surface area is 192 Å². The largest absolute Gasteiger partial charge is 0.490 e. The maximum atomic E-state index is 12.6. The maximum absolute atomic E-state index is 12.6. The maximum Gasteiger partial charge on any atom is 0.257 e. The van der Waals surface area contributed by atoms with Gasteiger partial charge in [-0.25, -0.2) is 0 Å². The standard InChI is InChI=1S/C26H22N2O3S/c29-25(28-26(32)27-22-14-13-19-7-4-5-8-20(19)17-22)21-9-6-12-24(18-21)31-16-15-30-23-10-2-1-3-11-23/h1-14,17-18H,15-16H2,(H2,27,28,29,32). The van der Waals surface area contributed by atoms with Gasteiger partial charge < -0.3 is 14.8 Å². The van der Waals surface area contributed by atoms with Gasteiger partial charge in [0, 0.05) is 11.3 Å². The van der Waals surface area contributed by atoms with E-state index in [-0.39, 0.29) is 11.0 Å². The van der Waals surface area contributed by atoms with Crippen LogP contribution in [0.1, 0.15) is 10.4 Å². The van der Waals surface area contributed by atoms with Crippen LogP contribution in [-0.2, 0) is 0 Å². The Balaban J connectivity index is 1.29. The number of thiocarbonyl (C=S) groups is 1. The van der Waals surface area contributed by atoms with E-state index in [4.69, 9.17) is 21.7 Å². The molecule has 0 unspecified atom stereocenters. The first-order valence-electron chi connectivity index (χ1n) is 10.2. The van der Waals surface area contributed by atoms with Gasteiger partial charge in [0.25, 0.3) is 5.91 Å². The van der Waals surface area contributed by atoms with Crippen molar-refractivity contribution < 1.29 is 14.3 Å². The predicted octanol–water partition coefficient (Wildman–Crippen LogP) is 5.42. The minimum atomic E-state index is -0.311. The quantitative estimate of drug-likeness (QED) is 0.295. The van der Waals surface area contributed by atoms with Crippen LogP contribution in [0.25, 0.3) is 10.8 Å². The third-order valence-electron chi connectivity index (χ3n) is 4.69. The molecule has 0 atom stereocenters. The number of anilines is 1. The number of amides is 1. The SMILES string of the molecule is O=C(NC(=S)Nc1ccc2ccccc2c1)c1cccc(OCCOc2ccccc2)c1. The zero-order chi connectivity index (χ0) is 22.2. The lowest BCUT2D eigenvalue weighted by atomic mass is 10.1. The van der Waals surface area contributed by atoms with E-state index in [1.807, 2.05) is 72.8 Å². The van der Waals surface area contributed by atoms with Crippen LogP contribution < -0.4 is 20.1 Å². The zero-order valence-corrected chi connectivity index (χ0v) is 18.1. The lowest BCUT2D eigenvalue weighted by molar-refractivity contribution is 0.0977. The number of carbonyl (C=O) groups excluding carboxylic acids is 1. The lowest BCUT2D eigenvalue weighted by Gasteiger charge is -2.12. The van der Waals surface area contributed by atoms with Crippen LogP contribution in [0.5, 0.6) is 11.5 Å². The van der Waals surface area contributed by atoms with Crippen molar-refractivity contribution in [3.05, 3.63) is 103 Å². The fourth-order valence-electron chi connectivity index (χ4n) is 3.17. The van der Waals surface area contributed by atoms with E-state index in [0.29, 0.717) is 24.5 Å². The van der Waals surface area contributed by atoms with Gasteiger partial charge in [0.1, 0.15) is 24.7 Å². The average molecular weight is 443 g/mol. The Hall–Kier alpha value is -3.90. The summed E-state index contributed by atoms with van der Waals surface area (Å²) in [5.74, 6) is 1.06. The van der Waals surface area contributed by atoms with E-state index in [0.717, 1.165) is 22.2 Å². The lowest BCUT2D eigenvalue weighted by Crippen LogP contribution is -2.34. The molecular formula is C26H22N2O3S. The van der Waals surface area contributed by atoms with Gasteiger partial charge in [0.05, 0.1) is 0 Å². The number of para-hydroxylation sites is 1. The molecule has 0 heterocycles. The summed E-state index contributed by atoms with van der Waals surface area (Å²) in [7, 11) is 0. The van der Waals surface area contributed by atoms with Crippen LogP contribution in [-0.4, -0.2) is 24.2 Å². The van der Waals surface area contributed by atoms with E-state index in [2.05, 4.69) is 10.6 Å². The molecule has 6 heteroatoms. The van der Waals surface area contributed by atoms with Crippen molar-refractivity contribution in [2.45, 2.75) is 0 Å². The molecule has 32 heavy (non-hydrogen) atoms. The van der Waals surface area contributed by atoms with Gasteiger partial charge in [0.2, 0.25) is 0 Å². The summed E-state index contributed by atoms with van der Waals surface area (Å²) in [5.41, 5.74) is 1.26. The highest BCUT2D eigenvalue weighted by Crippen LogP contribution is 2.19. The number of benzene rings is 4. The van der Waals surface area contributed by atoms with Crippen LogP contribution >= 0.6 is 12.2 Å². The van der Waals surface area contributed by atoms with Gasteiger partial charge in [-0.1, -0.05) is 54.6 Å². The monoisotopic (exact) mass is 442 g/mol. The predicted molar refractivity (Wildman–Crippen MR) is 132 cm³/mol. The van der Waals surface area contributed by atoms with Crippen LogP contribution in [0, 0.1) is 0 Å². The highest BCUT2D eigenvalue weighted by atomic mass is 32.1. The molecule has 160 valence electrons. The summed E-state index contributed by atoms with van der Waals surface area (Å²) < 4.78 is 11.3. The van der Waals surface area contributed by atoms with Crippen molar-refractivity contribution in [1.82, 2.24) is 5.32 Å². The van der Waals surface area contributed by atoms with Gasteiger partial charge in [-0.15, -0.1) is 0 Å². The van der Waals surface area contributed by atoms with Crippen LogP contribution in [0.2, 0.25) is 0 Å². The molecule has 0 saturated carbocycles. The number of ether oxygens (including phenoxy) is 2. The summed E-state index contributed by atoms with van der Waals surface area (Å²) >= 11 is 5.31. The van der Waals surface area contributed by atoms with Gasteiger partial charge in [0.15, 0.2) is 5.11 Å². The molecule has 1 amide bonds. The van der Waals surface area contributed by atoms with Gasteiger partial charge in [-0.05, 0) is 65.5 Å². The smallest absolute Gasteiger partial charge is 0.257 e. The average Bonchev–Trinajstić information content (AvgIpc) is 2.82. The van der Waals surface area contributed by atoms with Crippen molar-refractivity contribution in [2.24, 2.45) is 0 Å². The molecule has 0 aliphatic rings. The second kappa shape index (κ2) is 10.4. The van der Waals surface area contributed by atoms with Gasteiger partial charge >= 0.3 is 0 Å². The number of carbonyl (C=O) groups is 1. The third-order valence-corrected chi connectivity index (χ3v) is 4.90. The van der Waals surface area contributed by atoms with Gasteiger partial charge in [-0.3, -0.25) is 10.1 Å². The van der Waals surface area contributed by atoms with E-state index < -0.39 is 0 Å². The van der Waals surface area contributed by atoms with Crippen molar-refractivity contribution in [2.75, 3.05) is 18.5 Å². The number of hydrogen-bond acceptors (Lipinski definition) is 4.